The Hall–Kier alpha value is -4.25. The van der Waals surface area contributed by atoms with Crippen molar-refractivity contribution in [2.75, 3.05) is 12.0 Å². The minimum Gasteiger partial charge on any atom is -0.462 e. The van der Waals surface area contributed by atoms with E-state index in [4.69, 9.17) is 20.8 Å². The summed E-state index contributed by atoms with van der Waals surface area (Å²) in [6.07, 6.45) is 1.27. The van der Waals surface area contributed by atoms with Crippen molar-refractivity contribution < 1.29 is 23.8 Å². The molecule has 0 fully saturated rings. The highest BCUT2D eigenvalue weighted by atomic mass is 35.5. The Morgan fingerprint density at radius 1 is 1.16 bits per heavy atom. The summed E-state index contributed by atoms with van der Waals surface area (Å²) in [7, 11) is 0. The molecule has 164 valence electrons. The fourth-order valence-corrected chi connectivity index (χ4v) is 2.86. The molecule has 1 aromatic heterocycles. The number of esters is 1. The zero-order valence-corrected chi connectivity index (χ0v) is 17.2. The van der Waals surface area contributed by atoms with Gasteiger partial charge < -0.3 is 9.15 Å². The Kier molecular flexibility index (Phi) is 6.80. The smallest absolute Gasteiger partial charge is 0.339 e. The van der Waals surface area contributed by atoms with E-state index < -0.39 is 27.2 Å². The van der Waals surface area contributed by atoms with Crippen molar-refractivity contribution >= 4 is 40.8 Å². The van der Waals surface area contributed by atoms with E-state index in [1.165, 1.54) is 12.3 Å². The number of anilines is 1. The van der Waals surface area contributed by atoms with Crippen molar-refractivity contribution in [3.8, 4) is 11.3 Å². The third-order valence-corrected chi connectivity index (χ3v) is 4.47. The van der Waals surface area contributed by atoms with Crippen molar-refractivity contribution in [2.24, 2.45) is 5.10 Å². The van der Waals surface area contributed by atoms with Gasteiger partial charge >= 0.3 is 11.7 Å². The van der Waals surface area contributed by atoms with Gasteiger partial charge in [-0.1, -0.05) is 11.6 Å². The lowest BCUT2D eigenvalue weighted by atomic mass is 10.1. The number of hydrogen-bond donors (Lipinski definition) is 1. The molecule has 0 spiro atoms. The van der Waals surface area contributed by atoms with E-state index in [1.807, 2.05) is 0 Å². The van der Waals surface area contributed by atoms with E-state index in [0.29, 0.717) is 17.1 Å². The molecule has 0 saturated heterocycles. The number of ether oxygens (including phenoxy) is 1. The number of halogens is 1. The maximum Gasteiger partial charge on any atom is 0.339 e. The summed E-state index contributed by atoms with van der Waals surface area (Å²) in [6.45, 7) is 1.90. The number of nitrogens with one attached hydrogen (secondary N) is 1. The third kappa shape index (κ3) is 5.08. The zero-order chi connectivity index (χ0) is 23.3. The van der Waals surface area contributed by atoms with Crippen LogP contribution in [0.1, 0.15) is 23.0 Å². The first-order valence-electron chi connectivity index (χ1n) is 9.09. The van der Waals surface area contributed by atoms with E-state index in [0.717, 1.165) is 12.1 Å². The minimum absolute atomic E-state index is 0.0274. The second-order valence-electron chi connectivity index (χ2n) is 6.20. The Bertz CT molecular complexity index is 1220. The zero-order valence-electron chi connectivity index (χ0n) is 16.5. The Morgan fingerprint density at radius 3 is 2.62 bits per heavy atom. The minimum atomic E-state index is -0.752. The van der Waals surface area contributed by atoms with Gasteiger partial charge in [-0.15, -0.1) is 0 Å². The van der Waals surface area contributed by atoms with Crippen LogP contribution in [0, 0.1) is 20.2 Å². The van der Waals surface area contributed by atoms with E-state index in [2.05, 4.69) is 10.5 Å². The van der Waals surface area contributed by atoms with Crippen LogP contribution in [-0.4, -0.2) is 28.6 Å². The first-order chi connectivity index (χ1) is 15.3. The van der Waals surface area contributed by atoms with Crippen LogP contribution in [-0.2, 0) is 4.74 Å². The van der Waals surface area contributed by atoms with Crippen LogP contribution >= 0.6 is 11.6 Å². The summed E-state index contributed by atoms with van der Waals surface area (Å²) >= 11 is 6.06. The molecule has 11 nitrogen and oxygen atoms in total. The number of carbonyl (C=O) groups is 1. The molecule has 1 N–H and O–H groups in total. The standard InChI is InChI=1S/C20H15ClN4O7/c1-2-31-20(26)15-9-12(3-6-16(15)21)19-8-5-14(32-19)11-22-23-17-7-4-13(24(27)28)10-18(17)25(29)30/h3-11,23H,2H2,1H3/b22-11+. The van der Waals surface area contributed by atoms with Crippen molar-refractivity contribution in [1.82, 2.24) is 0 Å². The number of hydrazone groups is 1. The summed E-state index contributed by atoms with van der Waals surface area (Å²) in [5.74, 6) is 0.182. The molecule has 0 bridgehead atoms. The predicted octanol–water partition coefficient (Wildman–Crippen LogP) is 5.04. The summed E-state index contributed by atoms with van der Waals surface area (Å²) in [5.41, 5.74) is 2.32. The van der Waals surface area contributed by atoms with E-state index in [-0.39, 0.29) is 22.9 Å². The molecule has 0 aliphatic carbocycles. The predicted molar refractivity (Wildman–Crippen MR) is 116 cm³/mol. The normalized spacial score (nSPS) is 10.8. The van der Waals surface area contributed by atoms with Crippen LogP contribution in [0.3, 0.4) is 0 Å². The number of non-ortho nitro benzene ring substituents is 1. The molecule has 3 aromatic rings. The average Bonchev–Trinajstić information content (AvgIpc) is 3.23. The molecular formula is C20H15ClN4O7. The Balaban J connectivity index is 1.78. The highest BCUT2D eigenvalue weighted by Gasteiger charge is 2.19. The highest BCUT2D eigenvalue weighted by Crippen LogP contribution is 2.29. The number of furan rings is 1. The van der Waals surface area contributed by atoms with Gasteiger partial charge in [-0.25, -0.2) is 4.79 Å². The van der Waals surface area contributed by atoms with Crippen LogP contribution in [0.15, 0.2) is 58.0 Å². The van der Waals surface area contributed by atoms with Gasteiger partial charge in [0, 0.05) is 11.6 Å². The largest absolute Gasteiger partial charge is 0.462 e. The highest BCUT2D eigenvalue weighted by molar-refractivity contribution is 6.33. The van der Waals surface area contributed by atoms with Crippen molar-refractivity contribution in [3.05, 3.63) is 85.1 Å². The molecule has 0 amide bonds. The summed E-state index contributed by atoms with van der Waals surface area (Å²) < 4.78 is 10.6. The number of nitro benzene ring substituents is 2. The Morgan fingerprint density at radius 2 is 1.94 bits per heavy atom. The summed E-state index contributed by atoms with van der Waals surface area (Å²) in [4.78, 5) is 32.5. The lowest BCUT2D eigenvalue weighted by Gasteiger charge is -2.05. The molecule has 1 heterocycles. The van der Waals surface area contributed by atoms with Gasteiger partial charge in [-0.3, -0.25) is 25.7 Å². The molecule has 0 unspecified atom stereocenters. The second-order valence-corrected chi connectivity index (χ2v) is 6.61. The average molecular weight is 459 g/mol. The maximum absolute atomic E-state index is 12.0. The van der Waals surface area contributed by atoms with Crippen LogP contribution < -0.4 is 5.43 Å². The van der Waals surface area contributed by atoms with Gasteiger partial charge in [0.25, 0.3) is 5.69 Å². The molecule has 0 radical (unpaired) electrons. The van der Waals surface area contributed by atoms with Gasteiger partial charge in [0.2, 0.25) is 0 Å². The first-order valence-corrected chi connectivity index (χ1v) is 9.46. The number of rotatable bonds is 8. The molecule has 3 rings (SSSR count). The van der Waals surface area contributed by atoms with E-state index >= 15 is 0 Å². The van der Waals surface area contributed by atoms with Gasteiger partial charge in [0.05, 0.1) is 39.3 Å². The fourth-order valence-electron chi connectivity index (χ4n) is 2.67. The molecule has 12 heteroatoms. The third-order valence-electron chi connectivity index (χ3n) is 4.14. The van der Waals surface area contributed by atoms with Gasteiger partial charge in [0.15, 0.2) is 0 Å². The lowest BCUT2D eigenvalue weighted by Crippen LogP contribution is -2.05. The van der Waals surface area contributed by atoms with Crippen LogP contribution in [0.5, 0.6) is 0 Å². The number of nitrogens with zero attached hydrogens (tertiary/aromatic N) is 3. The maximum atomic E-state index is 12.0. The van der Waals surface area contributed by atoms with E-state index in [1.54, 1.807) is 37.3 Å². The van der Waals surface area contributed by atoms with Crippen LogP contribution in [0.2, 0.25) is 5.02 Å². The lowest BCUT2D eigenvalue weighted by molar-refractivity contribution is -0.393. The first kappa shape index (κ1) is 22.4. The molecule has 0 saturated carbocycles. The van der Waals surface area contributed by atoms with Crippen molar-refractivity contribution in [3.63, 3.8) is 0 Å². The monoisotopic (exact) mass is 458 g/mol. The number of benzene rings is 2. The topological polar surface area (TPSA) is 150 Å². The number of carbonyl (C=O) groups excluding carboxylic acids is 1. The number of hydrogen-bond acceptors (Lipinski definition) is 9. The quantitative estimate of drug-likeness (QED) is 0.213. The molecule has 0 atom stereocenters. The van der Waals surface area contributed by atoms with Gasteiger partial charge in [-0.2, -0.15) is 5.10 Å². The van der Waals surface area contributed by atoms with Crippen molar-refractivity contribution in [2.45, 2.75) is 6.92 Å². The molecule has 2 aromatic carbocycles. The molecule has 0 aliphatic heterocycles. The second kappa shape index (κ2) is 9.71. The number of nitro groups is 2. The summed E-state index contributed by atoms with van der Waals surface area (Å²) in [5, 5.41) is 26.1. The van der Waals surface area contributed by atoms with Gasteiger partial charge in [0.1, 0.15) is 17.2 Å². The molecule has 32 heavy (non-hydrogen) atoms. The Labute approximate surface area is 185 Å². The molecular weight excluding hydrogens is 444 g/mol. The SMILES string of the molecule is CCOC(=O)c1cc(-c2ccc(/C=N/Nc3ccc([N+](=O)[O-])cc3[N+](=O)[O-])o2)ccc1Cl. The molecule has 0 aliphatic rings. The fraction of sp³-hybridized carbons (Fsp3) is 0.100. The van der Waals surface area contributed by atoms with Crippen LogP contribution in [0.25, 0.3) is 11.3 Å². The van der Waals surface area contributed by atoms with Crippen molar-refractivity contribution in [1.29, 1.82) is 0 Å². The van der Waals surface area contributed by atoms with Gasteiger partial charge in [-0.05, 0) is 43.3 Å². The van der Waals surface area contributed by atoms with Crippen LogP contribution in [0.4, 0.5) is 17.1 Å². The van der Waals surface area contributed by atoms with E-state index in [9.17, 15) is 25.0 Å². The summed E-state index contributed by atoms with van der Waals surface area (Å²) in [6, 6.07) is 11.2.